The topological polar surface area (TPSA) is 98.5 Å². The van der Waals surface area contributed by atoms with Crippen LogP contribution < -0.4 is 9.46 Å². The van der Waals surface area contributed by atoms with Gasteiger partial charge in [-0.3, -0.25) is 14.8 Å². The molecule has 3 aromatic carbocycles. The van der Waals surface area contributed by atoms with E-state index in [4.69, 9.17) is 39.5 Å². The van der Waals surface area contributed by atoms with Gasteiger partial charge in [0.15, 0.2) is 17.4 Å². The summed E-state index contributed by atoms with van der Waals surface area (Å²) < 4.78 is 72.8. The number of anilines is 1. The second-order valence-electron chi connectivity index (χ2n) is 6.04. The van der Waals surface area contributed by atoms with Crippen LogP contribution in [-0.4, -0.2) is 13.3 Å². The van der Waals surface area contributed by atoms with Crippen LogP contribution in [0.5, 0.6) is 11.5 Å². The molecule has 0 amide bonds. The Balaban J connectivity index is 1.94. The predicted octanol–water partition coefficient (Wildman–Crippen LogP) is 6.57. The first kappa shape index (κ1) is 23.9. The third-order valence-electron chi connectivity index (χ3n) is 3.86. The van der Waals surface area contributed by atoms with Gasteiger partial charge in [-0.2, -0.15) is 0 Å². The highest BCUT2D eigenvalue weighted by molar-refractivity contribution is 7.92. The number of non-ortho nitro benzene ring substituents is 1. The maximum absolute atomic E-state index is 13.8. The van der Waals surface area contributed by atoms with E-state index in [0.717, 1.165) is 24.3 Å². The molecule has 32 heavy (non-hydrogen) atoms. The maximum atomic E-state index is 13.8. The van der Waals surface area contributed by atoms with E-state index in [9.17, 15) is 31.7 Å². The molecule has 0 radical (unpaired) electrons. The van der Waals surface area contributed by atoms with Crippen LogP contribution in [0.15, 0.2) is 47.4 Å². The third-order valence-corrected chi connectivity index (χ3v) is 6.05. The van der Waals surface area contributed by atoms with Crippen molar-refractivity contribution in [1.82, 2.24) is 0 Å². The van der Waals surface area contributed by atoms with Crippen molar-refractivity contribution in [3.8, 4) is 11.5 Å². The van der Waals surface area contributed by atoms with Gasteiger partial charge in [-0.1, -0.05) is 34.8 Å². The highest BCUT2D eigenvalue weighted by atomic mass is 35.5. The normalized spacial score (nSPS) is 11.3. The number of benzene rings is 3. The Bertz CT molecular complexity index is 1310. The van der Waals surface area contributed by atoms with Crippen LogP contribution in [0, 0.1) is 27.6 Å². The van der Waals surface area contributed by atoms with Gasteiger partial charge in [0, 0.05) is 24.3 Å². The lowest BCUT2D eigenvalue weighted by molar-refractivity contribution is -0.384. The van der Waals surface area contributed by atoms with E-state index in [1.807, 2.05) is 0 Å². The molecule has 0 aliphatic heterocycles. The lowest BCUT2D eigenvalue weighted by Crippen LogP contribution is -2.15. The van der Waals surface area contributed by atoms with E-state index >= 15 is 0 Å². The number of rotatable bonds is 6. The van der Waals surface area contributed by atoms with E-state index in [1.165, 1.54) is 6.07 Å². The van der Waals surface area contributed by atoms with Crippen LogP contribution in [0.3, 0.4) is 0 Å². The number of sulfonamides is 1. The molecule has 3 rings (SSSR count). The minimum atomic E-state index is -4.61. The van der Waals surface area contributed by atoms with Crippen molar-refractivity contribution < 1.29 is 31.2 Å². The molecule has 3 aromatic rings. The lowest BCUT2D eigenvalue weighted by Gasteiger charge is -2.14. The first-order chi connectivity index (χ1) is 14.9. The molecule has 168 valence electrons. The number of hydrogen-bond donors (Lipinski definition) is 1. The molecule has 0 fully saturated rings. The fourth-order valence-electron chi connectivity index (χ4n) is 2.42. The molecule has 0 aromatic heterocycles. The second kappa shape index (κ2) is 9.02. The Hall–Kier alpha value is -2.73. The van der Waals surface area contributed by atoms with E-state index < -0.39 is 43.0 Å². The van der Waals surface area contributed by atoms with Crippen molar-refractivity contribution in [3.63, 3.8) is 0 Å². The van der Waals surface area contributed by atoms with E-state index in [2.05, 4.69) is 0 Å². The van der Waals surface area contributed by atoms with Crippen LogP contribution >= 0.6 is 34.8 Å². The monoisotopic (exact) mass is 526 g/mol. The number of nitrogens with one attached hydrogen (secondary N) is 1. The van der Waals surface area contributed by atoms with Gasteiger partial charge in [0.2, 0.25) is 0 Å². The van der Waals surface area contributed by atoms with Crippen LogP contribution in [0.2, 0.25) is 15.1 Å². The molecule has 0 aliphatic rings. The minimum Gasteiger partial charge on any atom is -0.453 e. The van der Waals surface area contributed by atoms with E-state index in [-0.39, 0.29) is 32.3 Å². The molecule has 0 atom stereocenters. The molecule has 0 unspecified atom stereocenters. The van der Waals surface area contributed by atoms with E-state index in [1.54, 1.807) is 4.72 Å². The van der Waals surface area contributed by atoms with Crippen LogP contribution in [-0.2, 0) is 10.0 Å². The zero-order valence-electron chi connectivity index (χ0n) is 15.2. The Labute approximate surface area is 193 Å². The van der Waals surface area contributed by atoms with Gasteiger partial charge >= 0.3 is 0 Å². The molecule has 7 nitrogen and oxygen atoms in total. The van der Waals surface area contributed by atoms with Crippen LogP contribution in [0.1, 0.15) is 0 Å². The predicted molar refractivity (Wildman–Crippen MR) is 112 cm³/mol. The standard InChI is InChI=1S/C18H8Cl3F3N2O5S/c19-11-5-9(26(27)28)1-2-16(11)31-18-12(20)6-10(7-13(18)21)32(29,30)25-17-14(23)3-8(22)4-15(17)24/h1-7,25H. The zero-order chi connectivity index (χ0) is 23.8. The molecular formula is C18H8Cl3F3N2O5S. The van der Waals surface area contributed by atoms with Crippen LogP contribution in [0.4, 0.5) is 24.5 Å². The summed E-state index contributed by atoms with van der Waals surface area (Å²) in [6.45, 7) is 0. The SMILES string of the molecule is O=[N+]([O-])c1ccc(Oc2c(Cl)cc(S(=O)(=O)Nc3c(F)cc(F)cc3F)cc2Cl)c(Cl)c1. The van der Waals surface area contributed by atoms with Crippen molar-refractivity contribution >= 4 is 56.2 Å². The highest BCUT2D eigenvalue weighted by Gasteiger charge is 2.24. The molecule has 0 saturated carbocycles. The van der Waals surface area contributed by atoms with Gasteiger partial charge in [0.1, 0.15) is 17.3 Å². The molecule has 1 N–H and O–H groups in total. The average molecular weight is 528 g/mol. The quantitative estimate of drug-likeness (QED) is 0.289. The summed E-state index contributed by atoms with van der Waals surface area (Å²) >= 11 is 18.1. The van der Waals surface area contributed by atoms with Gasteiger partial charge in [0.05, 0.1) is 24.9 Å². The molecule has 0 spiro atoms. The van der Waals surface area contributed by atoms with Crippen molar-refractivity contribution in [3.05, 3.63) is 85.1 Å². The number of halogens is 6. The van der Waals surface area contributed by atoms with Crippen molar-refractivity contribution in [2.45, 2.75) is 4.90 Å². The molecule has 0 aliphatic carbocycles. The summed E-state index contributed by atoms with van der Waals surface area (Å²) in [4.78, 5) is 9.53. The summed E-state index contributed by atoms with van der Waals surface area (Å²) in [6, 6.07) is 5.66. The maximum Gasteiger partial charge on any atom is 0.271 e. The molecule has 14 heteroatoms. The number of nitro benzene ring substituents is 1. The summed E-state index contributed by atoms with van der Waals surface area (Å²) in [6.07, 6.45) is 0. The van der Waals surface area contributed by atoms with Gasteiger partial charge in [-0.25, -0.2) is 21.6 Å². The Morgan fingerprint density at radius 1 is 0.906 bits per heavy atom. The lowest BCUT2D eigenvalue weighted by atomic mass is 10.3. The highest BCUT2D eigenvalue weighted by Crippen LogP contribution is 2.41. The number of nitrogens with zero attached hydrogens (tertiary/aromatic N) is 1. The summed E-state index contributed by atoms with van der Waals surface area (Å²) in [5.41, 5.74) is -1.40. The second-order valence-corrected chi connectivity index (χ2v) is 8.94. The summed E-state index contributed by atoms with van der Waals surface area (Å²) in [7, 11) is -4.61. The van der Waals surface area contributed by atoms with Crippen molar-refractivity contribution in [1.29, 1.82) is 0 Å². The largest absolute Gasteiger partial charge is 0.453 e. The molecular weight excluding hydrogens is 520 g/mol. The third kappa shape index (κ3) is 5.01. The number of hydrogen-bond acceptors (Lipinski definition) is 5. The Kier molecular flexibility index (Phi) is 6.75. The van der Waals surface area contributed by atoms with Gasteiger partial charge in [-0.05, 0) is 18.2 Å². The van der Waals surface area contributed by atoms with Crippen molar-refractivity contribution in [2.24, 2.45) is 0 Å². The fraction of sp³-hybridized carbons (Fsp3) is 0. The fourth-order valence-corrected chi connectivity index (χ4v) is 4.45. The summed E-state index contributed by atoms with van der Waals surface area (Å²) in [5.74, 6) is -4.49. The van der Waals surface area contributed by atoms with Gasteiger partial charge in [-0.15, -0.1) is 0 Å². The molecule has 0 bridgehead atoms. The Morgan fingerprint density at radius 2 is 1.47 bits per heavy atom. The first-order valence-corrected chi connectivity index (χ1v) is 10.8. The zero-order valence-corrected chi connectivity index (χ0v) is 18.3. The average Bonchev–Trinajstić information content (AvgIpc) is 2.68. The smallest absolute Gasteiger partial charge is 0.271 e. The van der Waals surface area contributed by atoms with Crippen LogP contribution in [0.25, 0.3) is 0 Å². The van der Waals surface area contributed by atoms with Crippen molar-refractivity contribution in [2.75, 3.05) is 4.72 Å². The number of nitro groups is 1. The Morgan fingerprint density at radius 3 is 1.97 bits per heavy atom. The minimum absolute atomic E-state index is 0.0646. The van der Waals surface area contributed by atoms with Gasteiger partial charge < -0.3 is 4.74 Å². The van der Waals surface area contributed by atoms with Gasteiger partial charge in [0.25, 0.3) is 15.7 Å². The molecule has 0 heterocycles. The number of ether oxygens (including phenoxy) is 1. The van der Waals surface area contributed by atoms with E-state index in [0.29, 0.717) is 12.1 Å². The summed E-state index contributed by atoms with van der Waals surface area (Å²) in [5, 5.41) is 9.99. The first-order valence-electron chi connectivity index (χ1n) is 8.17. The molecule has 0 saturated heterocycles.